The summed E-state index contributed by atoms with van der Waals surface area (Å²) in [6.07, 6.45) is 7.70. The molecule has 82 valence electrons. The number of rotatable bonds is 4. The summed E-state index contributed by atoms with van der Waals surface area (Å²) < 4.78 is 0. The fourth-order valence-electron chi connectivity index (χ4n) is 1.76. The third-order valence-corrected chi connectivity index (χ3v) is 2.66. The van der Waals surface area contributed by atoms with Crippen LogP contribution in [0, 0.1) is 5.92 Å². The smallest absolute Gasteiger partial charge is 0.0963 e. The lowest BCUT2D eigenvalue weighted by Crippen LogP contribution is -2.24. The maximum atomic E-state index is 4.55. The summed E-state index contributed by atoms with van der Waals surface area (Å²) in [5, 5.41) is 3.47. The zero-order valence-corrected chi connectivity index (χ0v) is 9.68. The summed E-state index contributed by atoms with van der Waals surface area (Å²) in [6, 6.07) is 0. The normalized spacial score (nSPS) is 17.8. The van der Waals surface area contributed by atoms with Crippen LogP contribution >= 0.6 is 0 Å². The molecule has 14 heavy (non-hydrogen) atoms. The third kappa shape index (κ3) is 5.25. The van der Waals surface area contributed by atoms with Crippen molar-refractivity contribution in [2.75, 3.05) is 13.1 Å². The Balaban J connectivity index is 2.07. The van der Waals surface area contributed by atoms with Gasteiger partial charge in [-0.2, -0.15) is 0 Å². The van der Waals surface area contributed by atoms with Crippen LogP contribution in [0.4, 0.5) is 0 Å². The first-order valence-electron chi connectivity index (χ1n) is 6.06. The van der Waals surface area contributed by atoms with Crippen molar-refractivity contribution in [2.24, 2.45) is 10.9 Å². The van der Waals surface area contributed by atoms with Gasteiger partial charge in [0.25, 0.3) is 0 Å². The van der Waals surface area contributed by atoms with E-state index in [1.54, 1.807) is 0 Å². The Labute approximate surface area is 88.2 Å². The summed E-state index contributed by atoms with van der Waals surface area (Å²) >= 11 is 0. The maximum absolute atomic E-state index is 4.55. The average Bonchev–Trinajstić information content (AvgIpc) is 2.40. The third-order valence-electron chi connectivity index (χ3n) is 2.66. The number of hydrogen-bond donors (Lipinski definition) is 1. The van der Waals surface area contributed by atoms with E-state index >= 15 is 0 Å². The number of nitrogens with one attached hydrogen (secondary N) is 1. The number of nitrogens with zero attached hydrogens (tertiary/aromatic N) is 1. The van der Waals surface area contributed by atoms with Gasteiger partial charge in [-0.05, 0) is 31.6 Å². The Bertz CT molecular complexity index is 173. The fraction of sp³-hybridized carbons (Fsp3) is 0.917. The molecular weight excluding hydrogens is 172 g/mol. The molecule has 1 rings (SSSR count). The van der Waals surface area contributed by atoms with Gasteiger partial charge in [-0.25, -0.2) is 0 Å². The topological polar surface area (TPSA) is 24.4 Å². The van der Waals surface area contributed by atoms with Crippen molar-refractivity contribution in [3.05, 3.63) is 0 Å². The zero-order valence-electron chi connectivity index (χ0n) is 9.68. The Morgan fingerprint density at radius 3 is 2.93 bits per heavy atom. The molecule has 1 heterocycles. The summed E-state index contributed by atoms with van der Waals surface area (Å²) in [5.74, 6) is 2.08. The molecular formula is C12H24N2. The molecule has 0 saturated carbocycles. The van der Waals surface area contributed by atoms with Crippen molar-refractivity contribution in [1.82, 2.24) is 5.32 Å². The lowest BCUT2D eigenvalue weighted by Gasteiger charge is -2.09. The van der Waals surface area contributed by atoms with Crippen molar-refractivity contribution < 1.29 is 0 Å². The molecule has 0 aromatic carbocycles. The van der Waals surface area contributed by atoms with Crippen molar-refractivity contribution >= 4 is 5.84 Å². The van der Waals surface area contributed by atoms with Gasteiger partial charge in [0, 0.05) is 19.5 Å². The summed E-state index contributed by atoms with van der Waals surface area (Å²) in [7, 11) is 0. The van der Waals surface area contributed by atoms with Crippen molar-refractivity contribution in [2.45, 2.75) is 52.4 Å². The van der Waals surface area contributed by atoms with E-state index in [1.165, 1.54) is 44.4 Å². The zero-order chi connectivity index (χ0) is 10.2. The molecule has 1 N–H and O–H groups in total. The van der Waals surface area contributed by atoms with Gasteiger partial charge in [-0.15, -0.1) is 0 Å². The molecule has 0 aliphatic carbocycles. The van der Waals surface area contributed by atoms with Gasteiger partial charge in [-0.1, -0.05) is 20.3 Å². The van der Waals surface area contributed by atoms with Crippen molar-refractivity contribution in [1.29, 1.82) is 0 Å². The van der Waals surface area contributed by atoms with Gasteiger partial charge in [0.15, 0.2) is 0 Å². The standard InChI is InChI=1S/C12H24N2/c1-11(2)7-6-10-14-12-8-4-3-5-9-13-12/h11H,3-10H2,1-2H3,(H,13,14). The lowest BCUT2D eigenvalue weighted by molar-refractivity contribution is 0.550. The first-order chi connectivity index (χ1) is 6.79. The number of hydrogen-bond acceptors (Lipinski definition) is 2. The van der Waals surface area contributed by atoms with Gasteiger partial charge in [0.1, 0.15) is 0 Å². The minimum atomic E-state index is 0.827. The number of aliphatic imine (C=N–C) groups is 1. The highest BCUT2D eigenvalue weighted by atomic mass is 15.0. The molecule has 1 aliphatic rings. The van der Waals surface area contributed by atoms with Crippen LogP contribution < -0.4 is 5.32 Å². The molecule has 0 fully saturated rings. The Kier molecular flexibility index (Phi) is 5.65. The predicted molar refractivity (Wildman–Crippen MR) is 62.8 cm³/mol. The molecule has 0 atom stereocenters. The Hall–Kier alpha value is -0.530. The molecule has 2 heteroatoms. The molecule has 0 bridgehead atoms. The van der Waals surface area contributed by atoms with Crippen LogP contribution in [0.15, 0.2) is 4.99 Å². The van der Waals surface area contributed by atoms with Gasteiger partial charge in [0.2, 0.25) is 0 Å². The second-order valence-electron chi connectivity index (χ2n) is 4.60. The second-order valence-corrected chi connectivity index (χ2v) is 4.60. The largest absolute Gasteiger partial charge is 0.374 e. The fourth-order valence-corrected chi connectivity index (χ4v) is 1.76. The van der Waals surface area contributed by atoms with Gasteiger partial charge < -0.3 is 5.32 Å². The van der Waals surface area contributed by atoms with Crippen molar-refractivity contribution in [3.8, 4) is 0 Å². The Morgan fingerprint density at radius 2 is 2.14 bits per heavy atom. The molecule has 0 radical (unpaired) electrons. The quantitative estimate of drug-likeness (QED) is 0.687. The van der Waals surface area contributed by atoms with Crippen LogP contribution in [-0.2, 0) is 0 Å². The van der Waals surface area contributed by atoms with E-state index in [2.05, 4.69) is 24.2 Å². The highest BCUT2D eigenvalue weighted by Crippen LogP contribution is 2.06. The van der Waals surface area contributed by atoms with Gasteiger partial charge in [0.05, 0.1) is 5.84 Å². The van der Waals surface area contributed by atoms with Crippen LogP contribution in [0.25, 0.3) is 0 Å². The minimum Gasteiger partial charge on any atom is -0.374 e. The van der Waals surface area contributed by atoms with Crippen LogP contribution in [0.3, 0.4) is 0 Å². The predicted octanol–water partition coefficient (Wildman–Crippen LogP) is 2.98. The highest BCUT2D eigenvalue weighted by molar-refractivity contribution is 5.82. The van der Waals surface area contributed by atoms with Gasteiger partial charge >= 0.3 is 0 Å². The average molecular weight is 196 g/mol. The van der Waals surface area contributed by atoms with Crippen LogP contribution in [0.5, 0.6) is 0 Å². The first-order valence-corrected chi connectivity index (χ1v) is 6.06. The van der Waals surface area contributed by atoms with E-state index in [1.807, 2.05) is 0 Å². The van der Waals surface area contributed by atoms with E-state index < -0.39 is 0 Å². The van der Waals surface area contributed by atoms with E-state index in [0.29, 0.717) is 0 Å². The van der Waals surface area contributed by atoms with Crippen LogP contribution in [0.2, 0.25) is 0 Å². The summed E-state index contributed by atoms with van der Waals surface area (Å²) in [4.78, 5) is 4.55. The first kappa shape index (κ1) is 11.5. The molecule has 0 aromatic heterocycles. The molecule has 0 unspecified atom stereocenters. The van der Waals surface area contributed by atoms with Crippen molar-refractivity contribution in [3.63, 3.8) is 0 Å². The van der Waals surface area contributed by atoms with E-state index in [0.717, 1.165) is 19.0 Å². The monoisotopic (exact) mass is 196 g/mol. The SMILES string of the molecule is CC(C)CCCNC1=NCCCCC1. The maximum Gasteiger partial charge on any atom is 0.0963 e. The highest BCUT2D eigenvalue weighted by Gasteiger charge is 2.02. The number of amidine groups is 1. The second kappa shape index (κ2) is 6.86. The molecule has 0 spiro atoms. The summed E-state index contributed by atoms with van der Waals surface area (Å²) in [6.45, 7) is 6.70. The minimum absolute atomic E-state index is 0.827. The van der Waals surface area contributed by atoms with Gasteiger partial charge in [-0.3, -0.25) is 4.99 Å². The summed E-state index contributed by atoms with van der Waals surface area (Å²) in [5.41, 5.74) is 0. The molecule has 0 aromatic rings. The molecule has 1 aliphatic heterocycles. The lowest BCUT2D eigenvalue weighted by atomic mass is 10.1. The van der Waals surface area contributed by atoms with Crippen LogP contribution in [-0.4, -0.2) is 18.9 Å². The molecule has 0 saturated heterocycles. The van der Waals surface area contributed by atoms with Crippen LogP contribution in [0.1, 0.15) is 52.4 Å². The van der Waals surface area contributed by atoms with E-state index in [4.69, 9.17) is 0 Å². The van der Waals surface area contributed by atoms with E-state index in [9.17, 15) is 0 Å². The Morgan fingerprint density at radius 1 is 1.29 bits per heavy atom. The molecule has 0 amide bonds. The van der Waals surface area contributed by atoms with E-state index in [-0.39, 0.29) is 0 Å². The molecule has 2 nitrogen and oxygen atoms in total.